The first kappa shape index (κ1) is 15.5. The maximum absolute atomic E-state index is 11.5. The van der Waals surface area contributed by atoms with Gasteiger partial charge in [0, 0.05) is 11.6 Å². The van der Waals surface area contributed by atoms with Gasteiger partial charge in [0.25, 0.3) is 0 Å². The molecule has 112 valence electrons. The minimum Gasteiger partial charge on any atom is -0.390 e. The molecule has 1 aliphatic rings. The van der Waals surface area contributed by atoms with Gasteiger partial charge in [-0.15, -0.1) is 0 Å². The average molecular weight is 297 g/mol. The van der Waals surface area contributed by atoms with E-state index in [2.05, 4.69) is 17.4 Å². The maximum atomic E-state index is 11.5. The first-order valence-corrected chi connectivity index (χ1v) is 8.80. The highest BCUT2D eigenvalue weighted by molar-refractivity contribution is 7.91. The summed E-state index contributed by atoms with van der Waals surface area (Å²) in [7, 11) is -3.10. The van der Waals surface area contributed by atoms with Crippen molar-refractivity contribution < 1.29 is 13.5 Å². The SMILES string of the molecule is CC(C)(CCc1ccccc1)NC1CS(=O)(=O)CC1O. The first-order valence-electron chi connectivity index (χ1n) is 6.98. The molecule has 1 heterocycles. The van der Waals surface area contributed by atoms with Crippen LogP contribution in [0.25, 0.3) is 0 Å². The molecule has 0 aromatic heterocycles. The smallest absolute Gasteiger partial charge is 0.154 e. The van der Waals surface area contributed by atoms with Crippen LogP contribution in [0.2, 0.25) is 0 Å². The van der Waals surface area contributed by atoms with E-state index in [1.807, 2.05) is 32.0 Å². The van der Waals surface area contributed by atoms with E-state index in [0.29, 0.717) is 0 Å². The summed E-state index contributed by atoms with van der Waals surface area (Å²) in [6, 6.07) is 9.85. The monoisotopic (exact) mass is 297 g/mol. The molecule has 20 heavy (non-hydrogen) atoms. The van der Waals surface area contributed by atoms with Crippen molar-refractivity contribution >= 4 is 9.84 Å². The lowest BCUT2D eigenvalue weighted by molar-refractivity contribution is 0.145. The predicted molar refractivity (Wildman–Crippen MR) is 80.4 cm³/mol. The van der Waals surface area contributed by atoms with E-state index in [4.69, 9.17) is 0 Å². The number of nitrogens with one attached hydrogen (secondary N) is 1. The molecule has 0 bridgehead atoms. The van der Waals surface area contributed by atoms with Crippen molar-refractivity contribution in [3.8, 4) is 0 Å². The standard InChI is InChI=1S/C15H23NO3S/c1-15(2,9-8-12-6-4-3-5-7-12)16-13-10-20(18,19)11-14(13)17/h3-7,13-14,16-17H,8-11H2,1-2H3. The molecule has 4 nitrogen and oxygen atoms in total. The number of sulfone groups is 1. The fraction of sp³-hybridized carbons (Fsp3) is 0.600. The van der Waals surface area contributed by atoms with Crippen molar-refractivity contribution in [2.75, 3.05) is 11.5 Å². The number of hydrogen-bond donors (Lipinski definition) is 2. The Labute approximate surface area is 121 Å². The van der Waals surface area contributed by atoms with E-state index in [9.17, 15) is 13.5 Å². The van der Waals surface area contributed by atoms with Crippen LogP contribution in [0, 0.1) is 0 Å². The quantitative estimate of drug-likeness (QED) is 0.855. The Morgan fingerprint density at radius 2 is 1.90 bits per heavy atom. The Morgan fingerprint density at radius 3 is 2.45 bits per heavy atom. The molecule has 0 radical (unpaired) electrons. The van der Waals surface area contributed by atoms with Gasteiger partial charge in [-0.3, -0.25) is 0 Å². The topological polar surface area (TPSA) is 66.4 Å². The summed E-state index contributed by atoms with van der Waals surface area (Å²) in [5.74, 6) is -0.0949. The molecule has 2 rings (SSSR count). The lowest BCUT2D eigenvalue weighted by atomic mass is 9.94. The molecule has 1 fully saturated rings. The van der Waals surface area contributed by atoms with Gasteiger partial charge in [-0.2, -0.15) is 0 Å². The van der Waals surface area contributed by atoms with Gasteiger partial charge in [-0.25, -0.2) is 8.42 Å². The van der Waals surface area contributed by atoms with E-state index in [-0.39, 0.29) is 23.1 Å². The molecular formula is C15H23NO3S. The zero-order valence-electron chi connectivity index (χ0n) is 12.0. The van der Waals surface area contributed by atoms with Gasteiger partial charge in [0.1, 0.15) is 0 Å². The van der Waals surface area contributed by atoms with Crippen LogP contribution in [0.1, 0.15) is 25.8 Å². The Kier molecular flexibility index (Phi) is 4.52. The molecular weight excluding hydrogens is 274 g/mol. The number of aliphatic hydroxyl groups excluding tert-OH is 1. The van der Waals surface area contributed by atoms with E-state index in [0.717, 1.165) is 12.8 Å². The fourth-order valence-corrected chi connectivity index (χ4v) is 4.38. The molecule has 0 spiro atoms. The summed E-state index contributed by atoms with van der Waals surface area (Å²) >= 11 is 0. The number of aryl methyl sites for hydroxylation is 1. The normalized spacial score (nSPS) is 25.8. The van der Waals surface area contributed by atoms with Crippen LogP contribution < -0.4 is 5.32 Å². The molecule has 5 heteroatoms. The van der Waals surface area contributed by atoms with Crippen molar-refractivity contribution in [3.05, 3.63) is 35.9 Å². The van der Waals surface area contributed by atoms with Gasteiger partial charge in [-0.05, 0) is 32.3 Å². The van der Waals surface area contributed by atoms with Crippen molar-refractivity contribution in [1.29, 1.82) is 0 Å². The van der Waals surface area contributed by atoms with Crippen molar-refractivity contribution in [2.45, 2.75) is 44.4 Å². The lowest BCUT2D eigenvalue weighted by Crippen LogP contribution is -2.51. The van der Waals surface area contributed by atoms with Crippen LogP contribution in [0.5, 0.6) is 0 Å². The molecule has 0 saturated carbocycles. The number of rotatable bonds is 5. The van der Waals surface area contributed by atoms with Crippen LogP contribution in [0.4, 0.5) is 0 Å². The molecule has 2 atom stereocenters. The van der Waals surface area contributed by atoms with Gasteiger partial charge in [-0.1, -0.05) is 30.3 Å². The number of benzene rings is 1. The first-order chi connectivity index (χ1) is 9.27. The van der Waals surface area contributed by atoms with Gasteiger partial charge in [0.05, 0.1) is 17.6 Å². The highest BCUT2D eigenvalue weighted by Crippen LogP contribution is 2.19. The maximum Gasteiger partial charge on any atom is 0.154 e. The Morgan fingerprint density at radius 1 is 1.25 bits per heavy atom. The van der Waals surface area contributed by atoms with Gasteiger partial charge in [0.15, 0.2) is 9.84 Å². The summed E-state index contributed by atoms with van der Waals surface area (Å²) in [6.07, 6.45) is 1.02. The number of aliphatic hydroxyl groups is 1. The van der Waals surface area contributed by atoms with Gasteiger partial charge in [0.2, 0.25) is 0 Å². The molecule has 1 saturated heterocycles. The third kappa shape index (κ3) is 4.30. The van der Waals surface area contributed by atoms with Crippen LogP contribution in [0.3, 0.4) is 0 Å². The van der Waals surface area contributed by atoms with E-state index < -0.39 is 15.9 Å². The van der Waals surface area contributed by atoms with E-state index in [1.54, 1.807) is 0 Å². The zero-order chi connectivity index (χ0) is 14.8. The lowest BCUT2D eigenvalue weighted by Gasteiger charge is -2.31. The minimum absolute atomic E-state index is 0.0307. The van der Waals surface area contributed by atoms with E-state index >= 15 is 0 Å². The minimum atomic E-state index is -3.10. The van der Waals surface area contributed by atoms with Crippen LogP contribution in [0.15, 0.2) is 30.3 Å². The predicted octanol–water partition coefficient (Wildman–Crippen LogP) is 1.15. The second-order valence-corrected chi connectivity index (χ2v) is 8.42. The highest BCUT2D eigenvalue weighted by atomic mass is 32.2. The summed E-state index contributed by atoms with van der Waals surface area (Å²) in [5.41, 5.74) is 1.06. The van der Waals surface area contributed by atoms with Gasteiger partial charge < -0.3 is 10.4 Å². The molecule has 2 N–H and O–H groups in total. The average Bonchev–Trinajstić information content (AvgIpc) is 2.60. The highest BCUT2D eigenvalue weighted by Gasteiger charge is 2.38. The second kappa shape index (κ2) is 5.84. The Bertz CT molecular complexity index is 539. The molecule has 0 aliphatic carbocycles. The molecule has 1 aromatic rings. The number of hydrogen-bond acceptors (Lipinski definition) is 4. The summed E-state index contributed by atoms with van der Waals surface area (Å²) in [6.45, 7) is 4.10. The third-order valence-corrected chi connectivity index (χ3v) is 5.50. The molecule has 1 aromatic carbocycles. The van der Waals surface area contributed by atoms with E-state index in [1.165, 1.54) is 5.56 Å². The largest absolute Gasteiger partial charge is 0.390 e. The zero-order valence-corrected chi connectivity index (χ0v) is 12.9. The van der Waals surface area contributed by atoms with Crippen molar-refractivity contribution in [3.63, 3.8) is 0 Å². The van der Waals surface area contributed by atoms with Crippen molar-refractivity contribution in [2.24, 2.45) is 0 Å². The Balaban J connectivity index is 1.91. The van der Waals surface area contributed by atoms with Crippen molar-refractivity contribution in [1.82, 2.24) is 5.32 Å². The third-order valence-electron chi connectivity index (χ3n) is 3.78. The van der Waals surface area contributed by atoms with Crippen LogP contribution in [-0.2, 0) is 16.3 Å². The van der Waals surface area contributed by atoms with Crippen LogP contribution in [-0.4, -0.2) is 42.7 Å². The van der Waals surface area contributed by atoms with Gasteiger partial charge >= 0.3 is 0 Å². The second-order valence-electron chi connectivity index (χ2n) is 6.26. The fourth-order valence-electron chi connectivity index (χ4n) is 2.64. The Hall–Kier alpha value is -0.910. The molecule has 2 unspecified atom stereocenters. The summed E-state index contributed by atoms with van der Waals surface area (Å²) in [5, 5.41) is 13.1. The summed E-state index contributed by atoms with van der Waals surface area (Å²) < 4.78 is 23.0. The molecule has 1 aliphatic heterocycles. The van der Waals surface area contributed by atoms with Crippen LogP contribution >= 0.6 is 0 Å². The molecule has 0 amide bonds. The summed E-state index contributed by atoms with van der Waals surface area (Å²) in [4.78, 5) is 0.